The van der Waals surface area contributed by atoms with Crippen molar-refractivity contribution in [3.8, 4) is 0 Å². The first-order chi connectivity index (χ1) is 8.49. The predicted octanol–water partition coefficient (Wildman–Crippen LogP) is 1.01. The number of hydrogen-bond donors (Lipinski definition) is 1. The third kappa shape index (κ3) is 2.32. The van der Waals surface area contributed by atoms with E-state index in [4.69, 9.17) is 5.11 Å². The van der Waals surface area contributed by atoms with Gasteiger partial charge in [0.25, 0.3) is 5.91 Å². The van der Waals surface area contributed by atoms with Gasteiger partial charge in [0, 0.05) is 25.2 Å². The summed E-state index contributed by atoms with van der Waals surface area (Å²) in [5, 5.41) is 8.83. The first-order valence-electron chi connectivity index (χ1n) is 5.61. The Morgan fingerprint density at radius 3 is 2.72 bits per heavy atom. The van der Waals surface area contributed by atoms with E-state index in [1.54, 1.807) is 6.92 Å². The number of aliphatic carboxylic acids is 1. The molecule has 0 spiro atoms. The number of aromatic nitrogens is 1. The topological polar surface area (TPSA) is 70.5 Å². The average Bonchev–Trinajstić information content (AvgIpc) is 2.26. The quantitative estimate of drug-likeness (QED) is 0.871. The van der Waals surface area contributed by atoms with Crippen LogP contribution in [-0.4, -0.2) is 40.0 Å². The van der Waals surface area contributed by atoms with E-state index in [0.717, 1.165) is 12.3 Å². The maximum absolute atomic E-state index is 12.9. The van der Waals surface area contributed by atoms with Gasteiger partial charge in [-0.3, -0.25) is 14.6 Å². The smallest absolute Gasteiger partial charge is 0.306 e. The Bertz CT molecular complexity index is 486. The molecule has 1 fully saturated rings. The van der Waals surface area contributed by atoms with E-state index in [2.05, 4.69) is 4.98 Å². The molecule has 1 unspecified atom stereocenters. The maximum atomic E-state index is 12.9. The largest absolute Gasteiger partial charge is 0.481 e. The summed E-state index contributed by atoms with van der Waals surface area (Å²) in [4.78, 5) is 27.8. The van der Waals surface area contributed by atoms with Crippen molar-refractivity contribution in [3.63, 3.8) is 0 Å². The summed E-state index contributed by atoms with van der Waals surface area (Å²) in [5.41, 5.74) is 0.191. The third-order valence-electron chi connectivity index (χ3n) is 3.25. The molecule has 2 heterocycles. The van der Waals surface area contributed by atoms with E-state index < -0.39 is 17.7 Å². The highest BCUT2D eigenvalue weighted by Gasteiger charge is 2.37. The highest BCUT2D eigenvalue weighted by molar-refractivity contribution is 5.94. The molecule has 2 rings (SSSR count). The Kier molecular flexibility index (Phi) is 3.27. The molecule has 6 heteroatoms. The van der Waals surface area contributed by atoms with Crippen LogP contribution in [0.1, 0.15) is 17.3 Å². The van der Waals surface area contributed by atoms with Gasteiger partial charge in [-0.1, -0.05) is 6.92 Å². The summed E-state index contributed by atoms with van der Waals surface area (Å²) in [6.07, 6.45) is 2.33. The molecule has 1 amide bonds. The van der Waals surface area contributed by atoms with Gasteiger partial charge >= 0.3 is 5.97 Å². The normalized spacial score (nSPS) is 17.1. The maximum Gasteiger partial charge on any atom is 0.306 e. The van der Waals surface area contributed by atoms with Gasteiger partial charge in [-0.15, -0.1) is 0 Å². The zero-order valence-electron chi connectivity index (χ0n) is 9.84. The van der Waals surface area contributed by atoms with Crippen LogP contribution in [0.15, 0.2) is 18.5 Å². The molecule has 1 aliphatic heterocycles. The van der Waals surface area contributed by atoms with E-state index in [0.29, 0.717) is 13.1 Å². The summed E-state index contributed by atoms with van der Waals surface area (Å²) >= 11 is 0. The lowest BCUT2D eigenvalue weighted by molar-refractivity contribution is -0.144. The molecule has 0 saturated carbocycles. The SMILES string of the molecule is CC(C(=O)O)C1CN(C(=O)c2cncc(F)c2)C1. The van der Waals surface area contributed by atoms with Crippen LogP contribution >= 0.6 is 0 Å². The van der Waals surface area contributed by atoms with Crippen molar-refractivity contribution in [2.75, 3.05) is 13.1 Å². The fraction of sp³-hybridized carbons (Fsp3) is 0.417. The number of likely N-dealkylation sites (tertiary alicyclic amines) is 1. The van der Waals surface area contributed by atoms with Crippen molar-refractivity contribution in [2.24, 2.45) is 11.8 Å². The molecule has 1 aliphatic rings. The Balaban J connectivity index is 1.96. The minimum absolute atomic E-state index is 0.0343. The molecular formula is C12H13FN2O3. The summed E-state index contributed by atoms with van der Waals surface area (Å²) in [7, 11) is 0. The van der Waals surface area contributed by atoms with Crippen LogP contribution in [0.4, 0.5) is 4.39 Å². The van der Waals surface area contributed by atoms with Gasteiger partial charge in [0.1, 0.15) is 5.82 Å². The lowest BCUT2D eigenvalue weighted by Gasteiger charge is -2.41. The Labute approximate surface area is 103 Å². The third-order valence-corrected chi connectivity index (χ3v) is 3.25. The number of rotatable bonds is 3. The van der Waals surface area contributed by atoms with Crippen LogP contribution in [0, 0.1) is 17.7 Å². The Morgan fingerprint density at radius 2 is 2.17 bits per heavy atom. The molecule has 0 radical (unpaired) electrons. The molecule has 18 heavy (non-hydrogen) atoms. The van der Waals surface area contributed by atoms with Gasteiger partial charge in [-0.25, -0.2) is 4.39 Å². The number of amides is 1. The molecule has 1 N–H and O–H groups in total. The van der Waals surface area contributed by atoms with Crippen molar-refractivity contribution < 1.29 is 19.1 Å². The van der Waals surface area contributed by atoms with Crippen molar-refractivity contribution in [2.45, 2.75) is 6.92 Å². The molecule has 96 valence electrons. The summed E-state index contributed by atoms with van der Waals surface area (Å²) in [5.74, 6) is -2.24. The van der Waals surface area contributed by atoms with Crippen molar-refractivity contribution >= 4 is 11.9 Å². The number of halogens is 1. The number of pyridine rings is 1. The summed E-state index contributed by atoms with van der Waals surface area (Å²) in [6, 6.07) is 1.13. The lowest BCUT2D eigenvalue weighted by atomic mass is 9.87. The number of carboxylic acids is 1. The number of carbonyl (C=O) groups excluding carboxylic acids is 1. The van der Waals surface area contributed by atoms with Gasteiger partial charge < -0.3 is 10.0 Å². The van der Waals surface area contributed by atoms with Gasteiger partial charge in [0.15, 0.2) is 0 Å². The highest BCUT2D eigenvalue weighted by Crippen LogP contribution is 2.25. The second kappa shape index (κ2) is 4.72. The molecule has 1 saturated heterocycles. The Hall–Kier alpha value is -1.98. The number of carbonyl (C=O) groups is 2. The number of nitrogens with zero attached hydrogens (tertiary/aromatic N) is 2. The van der Waals surface area contributed by atoms with Gasteiger partial charge in [0.2, 0.25) is 0 Å². The summed E-state index contributed by atoms with van der Waals surface area (Å²) in [6.45, 7) is 2.41. The van der Waals surface area contributed by atoms with Crippen LogP contribution in [0.25, 0.3) is 0 Å². The van der Waals surface area contributed by atoms with Crippen molar-refractivity contribution in [1.29, 1.82) is 0 Å². The standard InChI is InChI=1S/C12H13FN2O3/c1-7(12(17)18)9-5-15(6-9)11(16)8-2-10(13)4-14-3-8/h2-4,7,9H,5-6H2,1H3,(H,17,18). The minimum atomic E-state index is -0.862. The van der Waals surface area contributed by atoms with E-state index in [9.17, 15) is 14.0 Å². The van der Waals surface area contributed by atoms with E-state index in [-0.39, 0.29) is 17.4 Å². The molecule has 1 aromatic rings. The first kappa shape index (κ1) is 12.5. The minimum Gasteiger partial charge on any atom is -0.481 e. The van der Waals surface area contributed by atoms with Gasteiger partial charge in [0.05, 0.1) is 17.7 Å². The van der Waals surface area contributed by atoms with Crippen LogP contribution in [0.2, 0.25) is 0 Å². The zero-order valence-corrected chi connectivity index (χ0v) is 9.84. The molecule has 0 bridgehead atoms. The van der Waals surface area contributed by atoms with Crippen LogP contribution in [0.3, 0.4) is 0 Å². The first-order valence-corrected chi connectivity index (χ1v) is 5.61. The second-order valence-electron chi connectivity index (χ2n) is 4.49. The lowest BCUT2D eigenvalue weighted by Crippen LogP contribution is -2.53. The van der Waals surface area contributed by atoms with Crippen molar-refractivity contribution in [1.82, 2.24) is 9.88 Å². The predicted molar refractivity (Wildman–Crippen MR) is 60.4 cm³/mol. The fourth-order valence-electron chi connectivity index (χ4n) is 1.91. The van der Waals surface area contributed by atoms with Crippen molar-refractivity contribution in [3.05, 3.63) is 29.8 Å². The summed E-state index contributed by atoms with van der Waals surface area (Å²) < 4.78 is 12.9. The van der Waals surface area contributed by atoms with E-state index in [1.807, 2.05) is 0 Å². The van der Waals surface area contributed by atoms with E-state index in [1.165, 1.54) is 11.1 Å². The molecule has 1 aromatic heterocycles. The van der Waals surface area contributed by atoms with Crippen LogP contribution in [0.5, 0.6) is 0 Å². The monoisotopic (exact) mass is 252 g/mol. The molecule has 5 nitrogen and oxygen atoms in total. The molecular weight excluding hydrogens is 239 g/mol. The molecule has 0 aliphatic carbocycles. The number of hydrogen-bond acceptors (Lipinski definition) is 3. The molecule has 1 atom stereocenters. The Morgan fingerprint density at radius 1 is 1.50 bits per heavy atom. The highest BCUT2D eigenvalue weighted by atomic mass is 19.1. The molecule has 0 aromatic carbocycles. The second-order valence-corrected chi connectivity index (χ2v) is 4.49. The van der Waals surface area contributed by atoms with Crippen LogP contribution in [-0.2, 0) is 4.79 Å². The van der Waals surface area contributed by atoms with Gasteiger partial charge in [-0.05, 0) is 6.07 Å². The van der Waals surface area contributed by atoms with Gasteiger partial charge in [-0.2, -0.15) is 0 Å². The fourth-order valence-corrected chi connectivity index (χ4v) is 1.91. The van der Waals surface area contributed by atoms with Crippen LogP contribution < -0.4 is 0 Å². The number of carboxylic acid groups (broad SMARTS) is 1. The zero-order chi connectivity index (χ0) is 13.3. The van der Waals surface area contributed by atoms with E-state index >= 15 is 0 Å². The average molecular weight is 252 g/mol.